The van der Waals surface area contributed by atoms with Gasteiger partial charge in [-0.2, -0.15) is 0 Å². The molecule has 0 aromatic heterocycles. The molecule has 116 valence electrons. The van der Waals surface area contributed by atoms with Gasteiger partial charge in [-0.3, -0.25) is 4.79 Å². The zero-order chi connectivity index (χ0) is 16.6. The van der Waals surface area contributed by atoms with Crippen molar-refractivity contribution >= 4 is 34.8 Å². The van der Waals surface area contributed by atoms with Crippen molar-refractivity contribution in [2.24, 2.45) is 0 Å². The van der Waals surface area contributed by atoms with Crippen LogP contribution < -0.4 is 0 Å². The molecule has 0 bridgehead atoms. The van der Waals surface area contributed by atoms with Crippen LogP contribution in [-0.4, -0.2) is 11.1 Å². The normalized spacial score (nSPS) is 15.2. The van der Waals surface area contributed by atoms with E-state index >= 15 is 0 Å². The van der Waals surface area contributed by atoms with Crippen LogP contribution in [0, 0.1) is 5.82 Å². The zero-order valence-corrected chi connectivity index (χ0v) is 13.2. The van der Waals surface area contributed by atoms with Crippen LogP contribution in [0.25, 0.3) is 17.2 Å². The number of benzene rings is 2. The Morgan fingerprint density at radius 1 is 1.17 bits per heavy atom. The third kappa shape index (κ3) is 3.06. The maximum atomic E-state index is 13.6. The maximum Gasteiger partial charge on any atom is 0.307 e. The average molecular weight is 329 g/mol. The molecule has 1 aliphatic rings. The standard InChI is InChI=1S/C19H14ClFO2/c1-11-16(8-12-2-4-13(20)5-3-12)15-7-6-14(21)9-18(15)17(11)10-19(22)23/h2-9H,10H2,1H3,(H,22,23). The number of hydrogen-bond donors (Lipinski definition) is 1. The van der Waals surface area contributed by atoms with Crippen LogP contribution >= 0.6 is 11.6 Å². The van der Waals surface area contributed by atoms with E-state index in [1.807, 2.05) is 25.1 Å². The van der Waals surface area contributed by atoms with E-state index in [1.165, 1.54) is 12.1 Å². The minimum atomic E-state index is -0.928. The molecule has 0 heterocycles. The van der Waals surface area contributed by atoms with Crippen molar-refractivity contribution in [1.82, 2.24) is 0 Å². The number of halogens is 2. The highest BCUT2D eigenvalue weighted by Crippen LogP contribution is 2.43. The molecule has 0 fully saturated rings. The predicted molar refractivity (Wildman–Crippen MR) is 90.6 cm³/mol. The molecular weight excluding hydrogens is 315 g/mol. The Hall–Kier alpha value is -2.39. The molecule has 2 nitrogen and oxygen atoms in total. The van der Waals surface area contributed by atoms with Gasteiger partial charge in [0, 0.05) is 5.02 Å². The molecule has 0 saturated carbocycles. The maximum absolute atomic E-state index is 13.6. The first-order valence-corrected chi connectivity index (χ1v) is 7.53. The monoisotopic (exact) mass is 328 g/mol. The second-order valence-electron chi connectivity index (χ2n) is 5.47. The molecule has 23 heavy (non-hydrogen) atoms. The number of carbonyl (C=O) groups is 1. The van der Waals surface area contributed by atoms with Gasteiger partial charge in [0.15, 0.2) is 0 Å². The van der Waals surface area contributed by atoms with Gasteiger partial charge in [0.2, 0.25) is 0 Å². The summed E-state index contributed by atoms with van der Waals surface area (Å²) in [5.41, 5.74) is 4.91. The summed E-state index contributed by atoms with van der Waals surface area (Å²) in [6.07, 6.45) is 1.84. The van der Waals surface area contributed by atoms with Crippen molar-refractivity contribution in [3.05, 3.63) is 75.6 Å². The minimum absolute atomic E-state index is 0.125. The van der Waals surface area contributed by atoms with Crippen LogP contribution in [0.2, 0.25) is 5.02 Å². The molecule has 3 rings (SSSR count). The van der Waals surface area contributed by atoms with E-state index in [9.17, 15) is 9.18 Å². The minimum Gasteiger partial charge on any atom is -0.481 e. The molecule has 0 unspecified atom stereocenters. The van der Waals surface area contributed by atoms with E-state index in [4.69, 9.17) is 16.7 Å². The molecule has 4 heteroatoms. The van der Waals surface area contributed by atoms with Crippen LogP contribution in [-0.2, 0) is 4.79 Å². The van der Waals surface area contributed by atoms with Crippen LogP contribution in [0.15, 0.2) is 48.0 Å². The molecular formula is C19H14ClFO2. The fourth-order valence-electron chi connectivity index (χ4n) is 2.86. The Labute approximate surface area is 138 Å². The number of allylic oxidation sites excluding steroid dienone is 2. The highest BCUT2D eigenvalue weighted by molar-refractivity contribution is 6.30. The van der Waals surface area contributed by atoms with E-state index in [0.29, 0.717) is 16.2 Å². The van der Waals surface area contributed by atoms with Crippen LogP contribution in [0.3, 0.4) is 0 Å². The van der Waals surface area contributed by atoms with E-state index in [2.05, 4.69) is 0 Å². The van der Waals surface area contributed by atoms with Gasteiger partial charge in [0.25, 0.3) is 0 Å². The molecule has 0 spiro atoms. The fourth-order valence-corrected chi connectivity index (χ4v) is 2.98. The summed E-state index contributed by atoms with van der Waals surface area (Å²) in [6.45, 7) is 1.87. The molecule has 1 aliphatic carbocycles. The third-order valence-electron chi connectivity index (χ3n) is 3.96. The third-order valence-corrected chi connectivity index (χ3v) is 4.21. The number of carboxylic acids is 1. The largest absolute Gasteiger partial charge is 0.481 e. The Kier molecular flexibility index (Phi) is 4.05. The molecule has 2 aromatic rings. The van der Waals surface area contributed by atoms with Gasteiger partial charge in [-0.05, 0) is 70.7 Å². The Balaban J connectivity index is 2.15. The molecule has 0 amide bonds. The molecule has 0 radical (unpaired) electrons. The summed E-state index contributed by atoms with van der Waals surface area (Å²) in [4.78, 5) is 11.1. The Morgan fingerprint density at radius 2 is 1.87 bits per heavy atom. The summed E-state index contributed by atoms with van der Waals surface area (Å²) >= 11 is 5.90. The highest BCUT2D eigenvalue weighted by Gasteiger charge is 2.25. The zero-order valence-electron chi connectivity index (χ0n) is 12.4. The highest BCUT2D eigenvalue weighted by atomic mass is 35.5. The van der Waals surface area contributed by atoms with Crippen molar-refractivity contribution in [2.75, 3.05) is 0 Å². The van der Waals surface area contributed by atoms with Crippen LogP contribution in [0.1, 0.15) is 30.0 Å². The average Bonchev–Trinajstić information content (AvgIpc) is 2.74. The van der Waals surface area contributed by atoms with Crippen molar-refractivity contribution in [2.45, 2.75) is 13.3 Å². The summed E-state index contributed by atoms with van der Waals surface area (Å²) in [5, 5.41) is 9.78. The summed E-state index contributed by atoms with van der Waals surface area (Å²) < 4.78 is 13.6. The van der Waals surface area contributed by atoms with E-state index in [-0.39, 0.29) is 12.2 Å². The van der Waals surface area contributed by atoms with E-state index < -0.39 is 5.97 Å². The van der Waals surface area contributed by atoms with E-state index in [0.717, 1.165) is 22.3 Å². The van der Waals surface area contributed by atoms with Crippen LogP contribution in [0.4, 0.5) is 4.39 Å². The second kappa shape index (κ2) is 6.01. The van der Waals surface area contributed by atoms with Gasteiger partial charge in [0.05, 0.1) is 6.42 Å². The smallest absolute Gasteiger partial charge is 0.307 e. The SMILES string of the molecule is CC1=C(CC(=O)O)c2cc(F)ccc2C1=Cc1ccc(Cl)cc1. The molecule has 2 aromatic carbocycles. The topological polar surface area (TPSA) is 37.3 Å². The van der Waals surface area contributed by atoms with E-state index in [1.54, 1.807) is 18.2 Å². The molecule has 0 aliphatic heterocycles. The summed E-state index contributed by atoms with van der Waals surface area (Å²) in [6, 6.07) is 11.9. The predicted octanol–water partition coefficient (Wildman–Crippen LogP) is 5.28. The quantitative estimate of drug-likeness (QED) is 0.832. The Bertz CT molecular complexity index is 848. The van der Waals surface area contributed by atoms with Gasteiger partial charge < -0.3 is 5.11 Å². The van der Waals surface area contributed by atoms with Crippen molar-refractivity contribution in [3.63, 3.8) is 0 Å². The first-order valence-electron chi connectivity index (χ1n) is 7.15. The lowest BCUT2D eigenvalue weighted by molar-refractivity contribution is -0.135. The summed E-state index contributed by atoms with van der Waals surface area (Å²) in [5.74, 6) is -1.30. The van der Waals surface area contributed by atoms with Gasteiger partial charge in [-0.25, -0.2) is 4.39 Å². The Morgan fingerprint density at radius 3 is 2.52 bits per heavy atom. The van der Waals surface area contributed by atoms with Gasteiger partial charge in [-0.1, -0.05) is 29.8 Å². The first kappa shape index (κ1) is 15.5. The molecule has 0 saturated heterocycles. The van der Waals surface area contributed by atoms with Crippen LogP contribution in [0.5, 0.6) is 0 Å². The van der Waals surface area contributed by atoms with Crippen molar-refractivity contribution in [1.29, 1.82) is 0 Å². The number of fused-ring (bicyclic) bond motifs is 1. The lowest BCUT2D eigenvalue weighted by Gasteiger charge is -2.04. The lowest BCUT2D eigenvalue weighted by atomic mass is 10.0. The van der Waals surface area contributed by atoms with Gasteiger partial charge in [0.1, 0.15) is 5.82 Å². The number of aliphatic carboxylic acids is 1. The molecule has 0 atom stereocenters. The van der Waals surface area contributed by atoms with Gasteiger partial charge in [-0.15, -0.1) is 0 Å². The number of carboxylic acid groups (broad SMARTS) is 1. The lowest BCUT2D eigenvalue weighted by Crippen LogP contribution is -1.97. The van der Waals surface area contributed by atoms with Crippen molar-refractivity contribution in [3.8, 4) is 0 Å². The fraction of sp³-hybridized carbons (Fsp3) is 0.105. The van der Waals surface area contributed by atoms with Crippen molar-refractivity contribution < 1.29 is 14.3 Å². The molecule has 1 N–H and O–H groups in total. The van der Waals surface area contributed by atoms with Gasteiger partial charge >= 0.3 is 5.97 Å². The first-order chi connectivity index (χ1) is 11.0. The summed E-state index contributed by atoms with van der Waals surface area (Å²) in [7, 11) is 0. The number of rotatable bonds is 3. The number of hydrogen-bond acceptors (Lipinski definition) is 1. The second-order valence-corrected chi connectivity index (χ2v) is 5.91.